The minimum Gasteiger partial charge on any atom is -0.353 e. The number of piperidine rings is 1. The molecule has 0 unspecified atom stereocenters. The van der Waals surface area contributed by atoms with Crippen LogP contribution in [0, 0.1) is 5.92 Å². The molecule has 3 heterocycles. The van der Waals surface area contributed by atoms with Crippen LogP contribution in [0.5, 0.6) is 0 Å². The third kappa shape index (κ3) is 5.52. The second-order valence-corrected chi connectivity index (χ2v) is 8.84. The fourth-order valence-electron chi connectivity index (χ4n) is 4.61. The maximum absolute atomic E-state index is 12.8. The summed E-state index contributed by atoms with van der Waals surface area (Å²) >= 11 is 6.33. The maximum Gasteiger partial charge on any atom is 0.222 e. The van der Waals surface area contributed by atoms with E-state index in [2.05, 4.69) is 26.9 Å². The maximum atomic E-state index is 12.8. The number of nitrogens with zero attached hydrogens (tertiary/aromatic N) is 4. The van der Waals surface area contributed by atoms with Crippen molar-refractivity contribution >= 4 is 23.3 Å². The van der Waals surface area contributed by atoms with E-state index in [4.69, 9.17) is 11.6 Å². The number of carbonyl (C=O) groups is 1. The largest absolute Gasteiger partial charge is 0.353 e. The van der Waals surface area contributed by atoms with Gasteiger partial charge in [0.1, 0.15) is 5.82 Å². The first-order valence-electron chi connectivity index (χ1n) is 11.1. The number of anilines is 1. The Morgan fingerprint density at radius 2 is 1.83 bits per heavy atom. The number of hydrogen-bond donors (Lipinski definition) is 0. The SMILES string of the molecule is O=C(CC[C@H]1CCCN(Cc2ccccc2Cl)C1)N1CCN(c2ccccn2)CC1. The highest BCUT2D eigenvalue weighted by Gasteiger charge is 2.25. The first-order chi connectivity index (χ1) is 14.7. The molecule has 5 nitrogen and oxygen atoms in total. The van der Waals surface area contributed by atoms with Gasteiger partial charge in [0.25, 0.3) is 0 Å². The number of likely N-dealkylation sites (tertiary alicyclic amines) is 1. The molecule has 0 spiro atoms. The molecule has 160 valence electrons. The standard InChI is InChI=1S/C24H31ClN4O/c25-22-8-2-1-7-21(22)19-27-13-5-6-20(18-27)10-11-24(30)29-16-14-28(15-17-29)23-9-3-4-12-26-23/h1-4,7-9,12,20H,5-6,10-11,13-19H2/t20-/m1/s1. The van der Waals surface area contributed by atoms with Gasteiger partial charge in [-0.3, -0.25) is 9.69 Å². The molecule has 4 rings (SSSR count). The smallest absolute Gasteiger partial charge is 0.222 e. The number of amides is 1. The fourth-order valence-corrected chi connectivity index (χ4v) is 4.81. The van der Waals surface area contributed by atoms with Crippen LogP contribution in [0.25, 0.3) is 0 Å². The lowest BCUT2D eigenvalue weighted by Gasteiger charge is -2.36. The Morgan fingerprint density at radius 1 is 1.03 bits per heavy atom. The number of rotatable bonds is 6. The van der Waals surface area contributed by atoms with Gasteiger partial charge in [0.15, 0.2) is 0 Å². The molecule has 30 heavy (non-hydrogen) atoms. The highest BCUT2D eigenvalue weighted by molar-refractivity contribution is 6.31. The average Bonchev–Trinajstić information content (AvgIpc) is 2.80. The Kier molecular flexibility index (Phi) is 7.24. The average molecular weight is 427 g/mol. The van der Waals surface area contributed by atoms with Crippen molar-refractivity contribution in [1.29, 1.82) is 0 Å². The van der Waals surface area contributed by atoms with E-state index in [1.807, 2.05) is 41.4 Å². The molecule has 2 aliphatic heterocycles. The number of halogens is 1. The molecule has 1 aromatic heterocycles. The predicted molar refractivity (Wildman–Crippen MR) is 122 cm³/mol. The quantitative estimate of drug-likeness (QED) is 0.697. The normalized spacial score (nSPS) is 20.4. The van der Waals surface area contributed by atoms with Crippen LogP contribution in [0.2, 0.25) is 5.02 Å². The zero-order chi connectivity index (χ0) is 20.8. The van der Waals surface area contributed by atoms with Gasteiger partial charge >= 0.3 is 0 Å². The van der Waals surface area contributed by atoms with Crippen molar-refractivity contribution in [2.45, 2.75) is 32.2 Å². The second-order valence-electron chi connectivity index (χ2n) is 8.43. The molecule has 0 saturated carbocycles. The molecule has 6 heteroatoms. The first-order valence-corrected chi connectivity index (χ1v) is 11.5. The molecular formula is C24H31ClN4O. The summed E-state index contributed by atoms with van der Waals surface area (Å²) in [6, 6.07) is 14.1. The lowest BCUT2D eigenvalue weighted by molar-refractivity contribution is -0.131. The minimum absolute atomic E-state index is 0.305. The van der Waals surface area contributed by atoms with E-state index >= 15 is 0 Å². The molecule has 1 amide bonds. The van der Waals surface area contributed by atoms with Gasteiger partial charge < -0.3 is 9.80 Å². The molecular weight excluding hydrogens is 396 g/mol. The van der Waals surface area contributed by atoms with Gasteiger partial charge in [0.2, 0.25) is 5.91 Å². The monoisotopic (exact) mass is 426 g/mol. The Labute approximate surface area is 184 Å². The second kappa shape index (κ2) is 10.3. The molecule has 0 N–H and O–H groups in total. The Bertz CT molecular complexity index is 823. The molecule has 1 aromatic carbocycles. The molecule has 1 atom stereocenters. The topological polar surface area (TPSA) is 39.7 Å². The van der Waals surface area contributed by atoms with Crippen LogP contribution >= 0.6 is 11.6 Å². The van der Waals surface area contributed by atoms with Crippen molar-refractivity contribution in [3.05, 3.63) is 59.2 Å². The van der Waals surface area contributed by atoms with E-state index in [0.29, 0.717) is 18.2 Å². The summed E-state index contributed by atoms with van der Waals surface area (Å²) in [7, 11) is 0. The molecule has 0 bridgehead atoms. The van der Waals surface area contributed by atoms with Crippen molar-refractivity contribution in [2.75, 3.05) is 44.2 Å². The van der Waals surface area contributed by atoms with Crippen molar-refractivity contribution in [3.63, 3.8) is 0 Å². The Hall–Kier alpha value is -2.11. The number of pyridine rings is 1. The summed E-state index contributed by atoms with van der Waals surface area (Å²) in [5.41, 5.74) is 1.20. The van der Waals surface area contributed by atoms with Crippen LogP contribution in [0.15, 0.2) is 48.7 Å². The van der Waals surface area contributed by atoms with E-state index in [1.54, 1.807) is 0 Å². The highest BCUT2D eigenvalue weighted by Crippen LogP contribution is 2.25. The molecule has 2 fully saturated rings. The van der Waals surface area contributed by atoms with Crippen molar-refractivity contribution < 1.29 is 4.79 Å². The molecule has 2 saturated heterocycles. The summed E-state index contributed by atoms with van der Waals surface area (Å²) in [5.74, 6) is 1.91. The lowest BCUT2D eigenvalue weighted by Crippen LogP contribution is -2.49. The van der Waals surface area contributed by atoms with Gasteiger partial charge in [0.05, 0.1) is 0 Å². The van der Waals surface area contributed by atoms with Crippen LogP contribution < -0.4 is 4.90 Å². The molecule has 2 aromatic rings. The van der Waals surface area contributed by atoms with Gasteiger partial charge in [-0.15, -0.1) is 0 Å². The third-order valence-corrected chi connectivity index (χ3v) is 6.70. The van der Waals surface area contributed by atoms with Gasteiger partial charge in [-0.05, 0) is 55.5 Å². The van der Waals surface area contributed by atoms with Crippen LogP contribution in [0.4, 0.5) is 5.82 Å². The van der Waals surface area contributed by atoms with Crippen molar-refractivity contribution in [1.82, 2.24) is 14.8 Å². The van der Waals surface area contributed by atoms with Crippen molar-refractivity contribution in [3.8, 4) is 0 Å². The summed E-state index contributed by atoms with van der Waals surface area (Å²) in [6.45, 7) is 6.38. The highest BCUT2D eigenvalue weighted by atomic mass is 35.5. The Morgan fingerprint density at radius 3 is 2.60 bits per heavy atom. The van der Waals surface area contributed by atoms with Gasteiger partial charge in [-0.25, -0.2) is 4.98 Å². The summed E-state index contributed by atoms with van der Waals surface area (Å²) in [5, 5.41) is 0.847. The fraction of sp³-hybridized carbons (Fsp3) is 0.500. The number of aromatic nitrogens is 1. The van der Waals surface area contributed by atoms with Crippen LogP contribution in [0.3, 0.4) is 0 Å². The zero-order valence-corrected chi connectivity index (χ0v) is 18.3. The number of benzene rings is 1. The number of carbonyl (C=O) groups excluding carboxylic acids is 1. The van der Waals surface area contributed by atoms with E-state index in [0.717, 1.165) is 63.1 Å². The molecule has 2 aliphatic rings. The van der Waals surface area contributed by atoms with Crippen LogP contribution in [-0.4, -0.2) is 60.0 Å². The predicted octanol–water partition coefficient (Wildman–Crippen LogP) is 4.08. The molecule has 0 aliphatic carbocycles. The van der Waals surface area contributed by atoms with E-state index in [9.17, 15) is 4.79 Å². The van der Waals surface area contributed by atoms with Crippen molar-refractivity contribution in [2.24, 2.45) is 5.92 Å². The lowest BCUT2D eigenvalue weighted by atomic mass is 9.92. The number of hydrogen-bond acceptors (Lipinski definition) is 4. The molecule has 0 radical (unpaired) electrons. The van der Waals surface area contributed by atoms with Crippen LogP contribution in [0.1, 0.15) is 31.2 Å². The third-order valence-electron chi connectivity index (χ3n) is 6.33. The minimum atomic E-state index is 0.305. The summed E-state index contributed by atoms with van der Waals surface area (Å²) < 4.78 is 0. The summed E-state index contributed by atoms with van der Waals surface area (Å²) in [6.07, 6.45) is 5.89. The van der Waals surface area contributed by atoms with E-state index < -0.39 is 0 Å². The van der Waals surface area contributed by atoms with Crippen LogP contribution in [-0.2, 0) is 11.3 Å². The Balaban J connectivity index is 1.21. The van der Waals surface area contributed by atoms with Gasteiger partial charge in [-0.2, -0.15) is 0 Å². The van der Waals surface area contributed by atoms with Gasteiger partial charge in [-0.1, -0.05) is 35.9 Å². The number of piperazine rings is 1. The zero-order valence-electron chi connectivity index (χ0n) is 17.5. The first kappa shape index (κ1) is 21.1. The summed E-state index contributed by atoms with van der Waals surface area (Å²) in [4.78, 5) is 24.0. The van der Waals surface area contributed by atoms with E-state index in [-0.39, 0.29) is 0 Å². The van der Waals surface area contributed by atoms with Gasteiger partial charge in [0, 0.05) is 56.9 Å². The van der Waals surface area contributed by atoms with E-state index in [1.165, 1.54) is 18.4 Å².